The first kappa shape index (κ1) is 22.8. The van der Waals surface area contributed by atoms with Crippen molar-refractivity contribution in [3.05, 3.63) is 53.6 Å². The highest BCUT2D eigenvalue weighted by Gasteiger charge is 2.32. The highest BCUT2D eigenvalue weighted by molar-refractivity contribution is 5.63. The molecule has 1 aliphatic carbocycles. The van der Waals surface area contributed by atoms with Gasteiger partial charge in [0.25, 0.3) is 0 Å². The molecule has 30 heavy (non-hydrogen) atoms. The fourth-order valence-electron chi connectivity index (χ4n) is 4.53. The molecule has 0 bridgehead atoms. The molecule has 1 aromatic heterocycles. The number of alkyl halides is 3. The lowest BCUT2D eigenvalue weighted by Gasteiger charge is -2.28. The lowest BCUT2D eigenvalue weighted by Crippen LogP contribution is -2.15. The van der Waals surface area contributed by atoms with Crippen molar-refractivity contribution in [2.45, 2.75) is 77.3 Å². The number of pyridine rings is 1. The number of unbranched alkanes of at least 4 members (excludes halogenated alkanes) is 2. The SMILES string of the molecule is CCCCC[C@H]1CC[C@H](CCc2ccc(-c3ccc(C(F)(F)F)nc3)c(F)c2)CC1. The zero-order valence-electron chi connectivity index (χ0n) is 17.6. The average molecular weight is 422 g/mol. The van der Waals surface area contributed by atoms with E-state index in [2.05, 4.69) is 11.9 Å². The van der Waals surface area contributed by atoms with Crippen LogP contribution in [0.4, 0.5) is 17.6 Å². The van der Waals surface area contributed by atoms with E-state index < -0.39 is 17.7 Å². The van der Waals surface area contributed by atoms with Crippen LogP contribution in [-0.2, 0) is 12.6 Å². The predicted molar refractivity (Wildman–Crippen MR) is 113 cm³/mol. The Morgan fingerprint density at radius 3 is 2.20 bits per heavy atom. The Morgan fingerprint density at radius 2 is 1.63 bits per heavy atom. The maximum absolute atomic E-state index is 14.6. The van der Waals surface area contributed by atoms with Gasteiger partial charge in [0.1, 0.15) is 11.5 Å². The molecule has 3 rings (SSSR count). The molecule has 0 N–H and O–H groups in total. The van der Waals surface area contributed by atoms with Gasteiger partial charge in [-0.3, -0.25) is 4.98 Å². The van der Waals surface area contributed by atoms with Gasteiger partial charge in [-0.05, 0) is 42.4 Å². The molecule has 1 nitrogen and oxygen atoms in total. The van der Waals surface area contributed by atoms with Gasteiger partial charge in [-0.2, -0.15) is 13.2 Å². The molecule has 5 heteroatoms. The van der Waals surface area contributed by atoms with Gasteiger partial charge in [0, 0.05) is 17.3 Å². The number of benzene rings is 1. The van der Waals surface area contributed by atoms with Crippen LogP contribution in [0.1, 0.15) is 76.0 Å². The average Bonchev–Trinajstić information content (AvgIpc) is 2.73. The summed E-state index contributed by atoms with van der Waals surface area (Å²) in [5.41, 5.74) is 0.616. The van der Waals surface area contributed by atoms with Crippen molar-refractivity contribution >= 4 is 0 Å². The van der Waals surface area contributed by atoms with Gasteiger partial charge in [-0.1, -0.05) is 76.5 Å². The first-order chi connectivity index (χ1) is 14.4. The van der Waals surface area contributed by atoms with Crippen molar-refractivity contribution < 1.29 is 17.6 Å². The molecule has 0 amide bonds. The van der Waals surface area contributed by atoms with Gasteiger partial charge >= 0.3 is 6.18 Å². The fraction of sp³-hybridized carbons (Fsp3) is 0.560. The Balaban J connectivity index is 1.51. The van der Waals surface area contributed by atoms with Gasteiger partial charge in [0.15, 0.2) is 0 Å². The molecule has 1 heterocycles. The van der Waals surface area contributed by atoms with Crippen molar-refractivity contribution in [1.29, 1.82) is 0 Å². The normalized spacial score (nSPS) is 19.8. The van der Waals surface area contributed by atoms with E-state index in [0.29, 0.717) is 11.5 Å². The Hall–Kier alpha value is -1.91. The third-order valence-corrected chi connectivity index (χ3v) is 6.42. The first-order valence-corrected chi connectivity index (χ1v) is 11.2. The van der Waals surface area contributed by atoms with E-state index in [9.17, 15) is 17.6 Å². The molecule has 0 saturated heterocycles. The van der Waals surface area contributed by atoms with E-state index in [1.165, 1.54) is 63.5 Å². The topological polar surface area (TPSA) is 12.9 Å². The standard InChI is InChI=1S/C25H31F4N/c1-2-3-4-5-18-6-8-19(9-7-18)10-11-20-12-14-22(23(26)16-20)21-13-15-24(30-17-21)25(27,28)29/h12-19H,2-11H2,1H3/t18-,19-. The minimum absolute atomic E-state index is 0.285. The lowest BCUT2D eigenvalue weighted by atomic mass is 9.78. The van der Waals surface area contributed by atoms with E-state index in [4.69, 9.17) is 0 Å². The van der Waals surface area contributed by atoms with Crippen LogP contribution in [0.2, 0.25) is 0 Å². The van der Waals surface area contributed by atoms with Crippen LogP contribution >= 0.6 is 0 Å². The van der Waals surface area contributed by atoms with Crippen molar-refractivity contribution in [3.63, 3.8) is 0 Å². The van der Waals surface area contributed by atoms with Crippen LogP contribution in [0.5, 0.6) is 0 Å². The Morgan fingerprint density at radius 1 is 0.933 bits per heavy atom. The maximum Gasteiger partial charge on any atom is 0.433 e. The summed E-state index contributed by atoms with van der Waals surface area (Å²) in [4.78, 5) is 3.43. The van der Waals surface area contributed by atoms with Gasteiger partial charge in [-0.25, -0.2) is 4.39 Å². The van der Waals surface area contributed by atoms with E-state index in [-0.39, 0.29) is 5.56 Å². The number of aromatic nitrogens is 1. The highest BCUT2D eigenvalue weighted by Crippen LogP contribution is 2.35. The molecule has 0 aliphatic heterocycles. The van der Waals surface area contributed by atoms with Crippen molar-refractivity contribution in [2.24, 2.45) is 11.8 Å². The highest BCUT2D eigenvalue weighted by atomic mass is 19.4. The zero-order valence-corrected chi connectivity index (χ0v) is 17.6. The summed E-state index contributed by atoms with van der Waals surface area (Å²) in [5.74, 6) is 1.20. The van der Waals surface area contributed by atoms with Crippen molar-refractivity contribution in [1.82, 2.24) is 4.98 Å². The van der Waals surface area contributed by atoms with E-state index in [0.717, 1.165) is 36.6 Å². The van der Waals surface area contributed by atoms with Crippen LogP contribution < -0.4 is 0 Å². The third kappa shape index (κ3) is 6.29. The van der Waals surface area contributed by atoms with Gasteiger partial charge in [0.05, 0.1) is 0 Å². The van der Waals surface area contributed by atoms with E-state index >= 15 is 0 Å². The monoisotopic (exact) mass is 421 g/mol. The molecular formula is C25H31F4N. The smallest absolute Gasteiger partial charge is 0.251 e. The molecule has 164 valence electrons. The molecule has 2 aromatic rings. The molecule has 1 aliphatic rings. The number of hydrogen-bond donors (Lipinski definition) is 0. The largest absolute Gasteiger partial charge is 0.433 e. The Kier molecular flexibility index (Phi) is 7.90. The fourth-order valence-corrected chi connectivity index (χ4v) is 4.53. The molecule has 0 atom stereocenters. The van der Waals surface area contributed by atoms with Crippen molar-refractivity contribution in [3.8, 4) is 11.1 Å². The zero-order chi connectivity index (χ0) is 21.6. The van der Waals surface area contributed by atoms with E-state index in [1.807, 2.05) is 6.07 Å². The summed E-state index contributed by atoms with van der Waals surface area (Å²) in [6.45, 7) is 2.24. The second-order valence-corrected chi connectivity index (χ2v) is 8.67. The summed E-state index contributed by atoms with van der Waals surface area (Å²) in [5, 5.41) is 0. The van der Waals surface area contributed by atoms with Gasteiger partial charge in [-0.15, -0.1) is 0 Å². The predicted octanol–water partition coefficient (Wildman–Crippen LogP) is 8.23. The Bertz CT molecular complexity index is 790. The van der Waals surface area contributed by atoms with Crippen LogP contribution in [0.3, 0.4) is 0 Å². The maximum atomic E-state index is 14.6. The number of nitrogens with zero attached hydrogens (tertiary/aromatic N) is 1. The van der Waals surface area contributed by atoms with Crippen LogP contribution in [0, 0.1) is 17.7 Å². The van der Waals surface area contributed by atoms with Crippen molar-refractivity contribution in [2.75, 3.05) is 0 Å². The van der Waals surface area contributed by atoms with Crippen LogP contribution in [0.25, 0.3) is 11.1 Å². The second kappa shape index (κ2) is 10.4. The molecule has 1 saturated carbocycles. The molecule has 0 radical (unpaired) electrons. The summed E-state index contributed by atoms with van der Waals surface area (Å²) in [6.07, 6.45) is 9.03. The number of rotatable bonds is 8. The molecule has 0 spiro atoms. The minimum atomic E-state index is -4.49. The van der Waals surface area contributed by atoms with E-state index in [1.54, 1.807) is 6.07 Å². The lowest BCUT2D eigenvalue weighted by molar-refractivity contribution is -0.141. The third-order valence-electron chi connectivity index (χ3n) is 6.42. The Labute approximate surface area is 176 Å². The van der Waals surface area contributed by atoms with Gasteiger partial charge < -0.3 is 0 Å². The molecule has 1 fully saturated rings. The molecule has 1 aromatic carbocycles. The first-order valence-electron chi connectivity index (χ1n) is 11.2. The van der Waals surface area contributed by atoms with Crippen LogP contribution in [-0.4, -0.2) is 4.98 Å². The number of aryl methyl sites for hydroxylation is 1. The van der Waals surface area contributed by atoms with Crippen LogP contribution in [0.15, 0.2) is 36.5 Å². The molecule has 0 unspecified atom stereocenters. The summed E-state index contributed by atoms with van der Waals surface area (Å²) < 4.78 is 52.5. The second-order valence-electron chi connectivity index (χ2n) is 8.67. The number of halogens is 4. The summed E-state index contributed by atoms with van der Waals surface area (Å²) in [6, 6.07) is 7.21. The minimum Gasteiger partial charge on any atom is -0.251 e. The quantitative estimate of drug-likeness (QED) is 0.309. The summed E-state index contributed by atoms with van der Waals surface area (Å²) in [7, 11) is 0. The summed E-state index contributed by atoms with van der Waals surface area (Å²) >= 11 is 0. The molecular weight excluding hydrogens is 390 g/mol. The van der Waals surface area contributed by atoms with Gasteiger partial charge in [0.2, 0.25) is 0 Å². The number of hydrogen-bond acceptors (Lipinski definition) is 1.